The molecular weight excluding hydrogens is 272 g/mol. The van der Waals surface area contributed by atoms with Crippen LogP contribution in [0.25, 0.3) is 0 Å². The molecule has 0 saturated heterocycles. The first-order chi connectivity index (χ1) is 9.52. The van der Waals surface area contributed by atoms with Crippen LogP contribution in [0.4, 0.5) is 11.5 Å². The number of hydrogen-bond acceptors (Lipinski definition) is 4. The molecule has 0 fully saturated rings. The first-order valence-electron chi connectivity index (χ1n) is 6.31. The Kier molecular flexibility index (Phi) is 4.21. The lowest BCUT2D eigenvalue weighted by atomic mass is 10.1. The SMILES string of the molecule is Cc1c(Nc2ccc(C#N)cc2Cl)ncnc1C(C)C. The molecule has 1 aromatic carbocycles. The van der Waals surface area contributed by atoms with Crippen LogP contribution in [-0.2, 0) is 0 Å². The first kappa shape index (κ1) is 14.3. The molecule has 102 valence electrons. The number of nitrogens with zero attached hydrogens (tertiary/aromatic N) is 3. The Morgan fingerprint density at radius 2 is 2.05 bits per heavy atom. The molecule has 4 nitrogen and oxygen atoms in total. The minimum atomic E-state index is 0.329. The monoisotopic (exact) mass is 286 g/mol. The largest absolute Gasteiger partial charge is 0.339 e. The normalized spacial score (nSPS) is 10.4. The van der Waals surface area contributed by atoms with E-state index in [1.165, 1.54) is 0 Å². The lowest BCUT2D eigenvalue weighted by molar-refractivity contribution is 0.803. The van der Waals surface area contributed by atoms with Crippen molar-refractivity contribution in [2.75, 3.05) is 5.32 Å². The number of benzene rings is 1. The van der Waals surface area contributed by atoms with Crippen LogP contribution in [-0.4, -0.2) is 9.97 Å². The van der Waals surface area contributed by atoms with E-state index in [4.69, 9.17) is 16.9 Å². The van der Waals surface area contributed by atoms with Gasteiger partial charge in [-0.3, -0.25) is 0 Å². The molecule has 2 aromatic rings. The predicted octanol–water partition coefficient (Wildman–Crippen LogP) is 4.18. The molecule has 0 aliphatic heterocycles. The van der Waals surface area contributed by atoms with E-state index in [0.717, 1.165) is 22.8 Å². The van der Waals surface area contributed by atoms with Crippen LogP contribution in [0.2, 0.25) is 5.02 Å². The first-order valence-corrected chi connectivity index (χ1v) is 6.69. The molecule has 1 heterocycles. The molecule has 0 spiro atoms. The molecule has 0 unspecified atom stereocenters. The number of nitriles is 1. The lowest BCUT2D eigenvalue weighted by Gasteiger charge is -2.14. The summed E-state index contributed by atoms with van der Waals surface area (Å²) in [5.41, 5.74) is 3.26. The van der Waals surface area contributed by atoms with E-state index in [9.17, 15) is 0 Å². The van der Waals surface area contributed by atoms with Crippen LogP contribution in [0.5, 0.6) is 0 Å². The molecule has 0 bridgehead atoms. The van der Waals surface area contributed by atoms with Gasteiger partial charge in [0.05, 0.1) is 28.0 Å². The molecule has 0 atom stereocenters. The van der Waals surface area contributed by atoms with Crippen molar-refractivity contribution >= 4 is 23.1 Å². The standard InChI is InChI=1S/C15H15ClN4/c1-9(2)14-10(3)15(19-8-18-14)20-13-5-4-11(7-17)6-12(13)16/h4-6,8-9H,1-3H3,(H,18,19,20). The Labute approximate surface area is 123 Å². The fourth-order valence-corrected chi connectivity index (χ4v) is 2.21. The summed E-state index contributed by atoms with van der Waals surface area (Å²) >= 11 is 6.16. The van der Waals surface area contributed by atoms with Crippen molar-refractivity contribution in [3.8, 4) is 6.07 Å². The fraction of sp³-hybridized carbons (Fsp3) is 0.267. The summed E-state index contributed by atoms with van der Waals surface area (Å²) in [5, 5.41) is 12.5. The Morgan fingerprint density at radius 1 is 1.30 bits per heavy atom. The van der Waals surface area contributed by atoms with Crippen LogP contribution in [0.1, 0.15) is 36.6 Å². The average Bonchev–Trinajstić information content (AvgIpc) is 2.42. The Balaban J connectivity index is 2.36. The second kappa shape index (κ2) is 5.89. The topological polar surface area (TPSA) is 61.6 Å². The summed E-state index contributed by atoms with van der Waals surface area (Å²) < 4.78 is 0. The van der Waals surface area contributed by atoms with Gasteiger partial charge in [-0.1, -0.05) is 25.4 Å². The summed E-state index contributed by atoms with van der Waals surface area (Å²) in [6.07, 6.45) is 1.54. The van der Waals surface area contributed by atoms with Gasteiger partial charge in [0.15, 0.2) is 0 Å². The maximum atomic E-state index is 8.83. The molecule has 5 heteroatoms. The summed E-state index contributed by atoms with van der Waals surface area (Å²) in [7, 11) is 0. The molecule has 0 aliphatic rings. The van der Waals surface area contributed by atoms with Gasteiger partial charge >= 0.3 is 0 Å². The van der Waals surface area contributed by atoms with Gasteiger partial charge in [-0.2, -0.15) is 5.26 Å². The minimum absolute atomic E-state index is 0.329. The van der Waals surface area contributed by atoms with E-state index in [-0.39, 0.29) is 0 Å². The molecular formula is C15H15ClN4. The van der Waals surface area contributed by atoms with Gasteiger partial charge < -0.3 is 5.32 Å². The quantitative estimate of drug-likeness (QED) is 0.919. The molecule has 0 amide bonds. The van der Waals surface area contributed by atoms with Crippen molar-refractivity contribution < 1.29 is 0 Å². The van der Waals surface area contributed by atoms with Gasteiger partial charge in [0, 0.05) is 5.56 Å². The highest BCUT2D eigenvalue weighted by atomic mass is 35.5. The number of hydrogen-bond donors (Lipinski definition) is 1. The van der Waals surface area contributed by atoms with Gasteiger partial charge in [-0.25, -0.2) is 9.97 Å². The molecule has 0 aliphatic carbocycles. The maximum Gasteiger partial charge on any atom is 0.136 e. The van der Waals surface area contributed by atoms with Crippen molar-refractivity contribution in [3.05, 3.63) is 46.4 Å². The van der Waals surface area contributed by atoms with Gasteiger partial charge in [0.2, 0.25) is 0 Å². The third-order valence-electron chi connectivity index (χ3n) is 3.02. The van der Waals surface area contributed by atoms with E-state index in [1.807, 2.05) is 6.92 Å². The number of nitrogens with one attached hydrogen (secondary N) is 1. The number of anilines is 2. The highest BCUT2D eigenvalue weighted by molar-refractivity contribution is 6.33. The zero-order valence-electron chi connectivity index (χ0n) is 11.6. The van der Waals surface area contributed by atoms with Crippen LogP contribution in [0, 0.1) is 18.3 Å². The highest BCUT2D eigenvalue weighted by Crippen LogP contribution is 2.28. The summed E-state index contributed by atoms with van der Waals surface area (Å²) in [6, 6.07) is 7.18. The third-order valence-corrected chi connectivity index (χ3v) is 3.33. The molecule has 0 saturated carbocycles. The molecule has 1 N–H and O–H groups in total. The van der Waals surface area contributed by atoms with E-state index < -0.39 is 0 Å². The Bertz CT molecular complexity index is 674. The minimum Gasteiger partial charge on any atom is -0.339 e. The average molecular weight is 287 g/mol. The highest BCUT2D eigenvalue weighted by Gasteiger charge is 2.11. The number of halogens is 1. The second-order valence-corrected chi connectivity index (χ2v) is 5.23. The third kappa shape index (κ3) is 2.89. The Hall–Kier alpha value is -2.12. The van der Waals surface area contributed by atoms with Crippen LogP contribution in [0.3, 0.4) is 0 Å². The van der Waals surface area contributed by atoms with Gasteiger partial charge in [-0.05, 0) is 31.0 Å². The van der Waals surface area contributed by atoms with Gasteiger partial charge in [0.25, 0.3) is 0 Å². The van der Waals surface area contributed by atoms with Crippen LogP contribution in [0.15, 0.2) is 24.5 Å². The molecule has 2 rings (SSSR count). The van der Waals surface area contributed by atoms with Crippen LogP contribution < -0.4 is 5.32 Å². The summed E-state index contributed by atoms with van der Waals surface area (Å²) in [6.45, 7) is 6.16. The van der Waals surface area contributed by atoms with Gasteiger partial charge in [0.1, 0.15) is 12.1 Å². The number of rotatable bonds is 3. The molecule has 1 aromatic heterocycles. The smallest absolute Gasteiger partial charge is 0.136 e. The van der Waals surface area contributed by atoms with Crippen molar-refractivity contribution in [1.29, 1.82) is 5.26 Å². The second-order valence-electron chi connectivity index (χ2n) is 4.82. The summed E-state index contributed by atoms with van der Waals surface area (Å²) in [4.78, 5) is 8.56. The molecule has 0 radical (unpaired) electrons. The molecule has 20 heavy (non-hydrogen) atoms. The van der Waals surface area contributed by atoms with Crippen LogP contribution >= 0.6 is 11.6 Å². The van der Waals surface area contributed by atoms with Crippen molar-refractivity contribution in [1.82, 2.24) is 9.97 Å². The van der Waals surface area contributed by atoms with Gasteiger partial charge in [-0.15, -0.1) is 0 Å². The van der Waals surface area contributed by atoms with E-state index >= 15 is 0 Å². The predicted molar refractivity (Wildman–Crippen MR) is 80.3 cm³/mol. The zero-order valence-corrected chi connectivity index (χ0v) is 12.4. The van der Waals surface area contributed by atoms with Crippen molar-refractivity contribution in [2.45, 2.75) is 26.7 Å². The van der Waals surface area contributed by atoms with Crippen molar-refractivity contribution in [2.24, 2.45) is 0 Å². The van der Waals surface area contributed by atoms with Crippen molar-refractivity contribution in [3.63, 3.8) is 0 Å². The maximum absolute atomic E-state index is 8.83. The lowest BCUT2D eigenvalue weighted by Crippen LogP contribution is -2.04. The van der Waals surface area contributed by atoms with E-state index in [0.29, 0.717) is 16.5 Å². The number of aromatic nitrogens is 2. The summed E-state index contributed by atoms with van der Waals surface area (Å²) in [5.74, 6) is 1.06. The Morgan fingerprint density at radius 3 is 2.65 bits per heavy atom. The zero-order chi connectivity index (χ0) is 14.7. The van der Waals surface area contributed by atoms with E-state index in [2.05, 4.69) is 35.2 Å². The van der Waals surface area contributed by atoms with E-state index in [1.54, 1.807) is 24.5 Å². The fourth-order valence-electron chi connectivity index (χ4n) is 1.99.